The van der Waals surface area contributed by atoms with Crippen LogP contribution in [-0.4, -0.2) is 38.6 Å². The number of benzene rings is 1. The average Bonchev–Trinajstić information content (AvgIpc) is 2.43. The Bertz CT molecular complexity index is 699. The zero-order chi connectivity index (χ0) is 17.8. The van der Waals surface area contributed by atoms with E-state index in [1.807, 2.05) is 0 Å². The number of methoxy groups -OCH3 is 1. The van der Waals surface area contributed by atoms with E-state index >= 15 is 0 Å². The van der Waals surface area contributed by atoms with E-state index in [4.69, 9.17) is 9.84 Å². The number of ether oxygens (including phenoxy) is 1. The first-order chi connectivity index (χ1) is 10.6. The quantitative estimate of drug-likeness (QED) is 0.679. The van der Waals surface area contributed by atoms with E-state index in [-0.39, 0.29) is 22.2 Å². The Kier molecular flexibility index (Phi) is 6.11. The van der Waals surface area contributed by atoms with Crippen molar-refractivity contribution < 1.29 is 27.9 Å². The van der Waals surface area contributed by atoms with E-state index in [0.717, 1.165) is 0 Å². The van der Waals surface area contributed by atoms with Crippen LogP contribution in [-0.2, 0) is 19.6 Å². The minimum absolute atomic E-state index is 0.0412. The predicted octanol–water partition coefficient (Wildman–Crippen LogP) is 1.04. The first-order valence-electron chi connectivity index (χ1n) is 6.79. The summed E-state index contributed by atoms with van der Waals surface area (Å²) in [6.45, 7) is 4.47. The fraction of sp³-hybridized carbons (Fsp3) is 0.429. The minimum atomic E-state index is -4.16. The van der Waals surface area contributed by atoms with Crippen LogP contribution in [0.15, 0.2) is 23.1 Å². The number of carboxylic acids is 1. The maximum atomic E-state index is 12.5. The molecule has 0 aliphatic rings. The molecule has 0 aliphatic heterocycles. The number of hydrogen-bond donors (Lipinski definition) is 3. The number of carbonyl (C=O) groups excluding carboxylic acids is 1. The van der Waals surface area contributed by atoms with Gasteiger partial charge in [0.05, 0.1) is 7.11 Å². The lowest BCUT2D eigenvalue weighted by molar-refractivity contribution is -0.140. The van der Waals surface area contributed by atoms with E-state index in [1.165, 1.54) is 32.2 Å². The van der Waals surface area contributed by atoms with E-state index in [2.05, 4.69) is 10.0 Å². The summed E-state index contributed by atoms with van der Waals surface area (Å²) >= 11 is 0. The van der Waals surface area contributed by atoms with Gasteiger partial charge in [-0.2, -0.15) is 4.72 Å². The van der Waals surface area contributed by atoms with E-state index in [0.29, 0.717) is 0 Å². The Balaban J connectivity index is 3.29. The Morgan fingerprint density at radius 3 is 2.30 bits per heavy atom. The molecule has 0 saturated heterocycles. The summed E-state index contributed by atoms with van der Waals surface area (Å²) in [4.78, 5) is 22.0. The molecule has 1 rings (SSSR count). The topological polar surface area (TPSA) is 122 Å². The molecule has 0 saturated carbocycles. The summed E-state index contributed by atoms with van der Waals surface area (Å²) in [5.74, 6) is -2.05. The van der Waals surface area contributed by atoms with Gasteiger partial charge in [0.2, 0.25) is 15.9 Å². The molecule has 128 valence electrons. The van der Waals surface area contributed by atoms with Crippen LogP contribution in [0.1, 0.15) is 20.8 Å². The van der Waals surface area contributed by atoms with Gasteiger partial charge in [0.25, 0.3) is 0 Å². The monoisotopic (exact) mass is 344 g/mol. The molecule has 9 heteroatoms. The molecule has 0 aromatic heterocycles. The summed E-state index contributed by atoms with van der Waals surface area (Å²) in [5, 5.41) is 11.6. The third-order valence-corrected chi connectivity index (χ3v) is 4.45. The molecule has 1 unspecified atom stereocenters. The molecule has 0 bridgehead atoms. The van der Waals surface area contributed by atoms with Crippen molar-refractivity contribution in [1.82, 2.24) is 4.72 Å². The van der Waals surface area contributed by atoms with E-state index in [1.54, 1.807) is 13.8 Å². The van der Waals surface area contributed by atoms with Crippen LogP contribution in [0, 0.1) is 5.92 Å². The Labute approximate surface area is 134 Å². The van der Waals surface area contributed by atoms with Crippen LogP contribution in [0.4, 0.5) is 5.69 Å². The summed E-state index contributed by atoms with van der Waals surface area (Å²) in [6, 6.07) is 2.79. The number of sulfonamides is 1. The van der Waals surface area contributed by atoms with Crippen molar-refractivity contribution in [2.24, 2.45) is 5.92 Å². The van der Waals surface area contributed by atoms with Crippen molar-refractivity contribution in [3.05, 3.63) is 18.2 Å². The van der Waals surface area contributed by atoms with Gasteiger partial charge in [0.1, 0.15) is 16.7 Å². The highest BCUT2D eigenvalue weighted by atomic mass is 32.2. The smallest absolute Gasteiger partial charge is 0.322 e. The fourth-order valence-corrected chi connectivity index (χ4v) is 3.40. The predicted molar refractivity (Wildman–Crippen MR) is 83.9 cm³/mol. The third-order valence-electron chi connectivity index (χ3n) is 2.99. The number of aliphatic carboxylic acids is 1. The zero-order valence-corrected chi connectivity index (χ0v) is 14.1. The number of rotatable bonds is 7. The van der Waals surface area contributed by atoms with Gasteiger partial charge in [-0.1, -0.05) is 13.8 Å². The number of nitrogens with one attached hydrogen (secondary N) is 2. The van der Waals surface area contributed by atoms with Crippen molar-refractivity contribution in [2.45, 2.75) is 31.7 Å². The van der Waals surface area contributed by atoms with Crippen molar-refractivity contribution >= 4 is 27.6 Å². The second-order valence-electron chi connectivity index (χ2n) is 5.23. The molecule has 1 aromatic carbocycles. The molecule has 0 fully saturated rings. The van der Waals surface area contributed by atoms with Gasteiger partial charge in [0.15, 0.2) is 0 Å². The molecular weight excluding hydrogens is 324 g/mol. The first-order valence-corrected chi connectivity index (χ1v) is 8.27. The molecule has 1 aromatic rings. The molecule has 23 heavy (non-hydrogen) atoms. The largest absolute Gasteiger partial charge is 0.495 e. The zero-order valence-electron chi connectivity index (χ0n) is 13.3. The normalized spacial score (nSPS) is 12.7. The maximum Gasteiger partial charge on any atom is 0.322 e. The lowest BCUT2D eigenvalue weighted by Crippen LogP contribution is -2.44. The average molecular weight is 344 g/mol. The van der Waals surface area contributed by atoms with Gasteiger partial charge in [-0.25, -0.2) is 8.42 Å². The lowest BCUT2D eigenvalue weighted by atomic mass is 10.1. The van der Waals surface area contributed by atoms with Gasteiger partial charge < -0.3 is 15.2 Å². The van der Waals surface area contributed by atoms with Crippen LogP contribution in [0.5, 0.6) is 5.75 Å². The highest BCUT2D eigenvalue weighted by molar-refractivity contribution is 7.89. The SMILES string of the molecule is COc1ccc(NC(C)=O)cc1S(=O)(=O)NC(C(=O)O)C(C)C. The fourth-order valence-electron chi connectivity index (χ4n) is 1.87. The summed E-state index contributed by atoms with van der Waals surface area (Å²) in [7, 11) is -2.86. The summed E-state index contributed by atoms with van der Waals surface area (Å²) in [6.07, 6.45) is 0. The molecule has 1 atom stereocenters. The van der Waals surface area contributed by atoms with Gasteiger partial charge in [-0.3, -0.25) is 9.59 Å². The highest BCUT2D eigenvalue weighted by Crippen LogP contribution is 2.27. The maximum absolute atomic E-state index is 12.5. The molecule has 0 radical (unpaired) electrons. The molecule has 0 spiro atoms. The molecule has 8 nitrogen and oxygen atoms in total. The standard InChI is InChI=1S/C14H20N2O6S/c1-8(2)13(14(18)19)16-23(20,21)12-7-10(15-9(3)17)5-6-11(12)22-4/h5-8,13,16H,1-4H3,(H,15,17)(H,18,19). The minimum Gasteiger partial charge on any atom is -0.495 e. The van der Waals surface area contributed by atoms with Crippen LogP contribution in [0.25, 0.3) is 0 Å². The van der Waals surface area contributed by atoms with Gasteiger partial charge in [-0.05, 0) is 24.1 Å². The number of hydrogen-bond acceptors (Lipinski definition) is 5. The second-order valence-corrected chi connectivity index (χ2v) is 6.91. The number of anilines is 1. The second kappa shape index (κ2) is 7.42. The molecule has 1 amide bonds. The Morgan fingerprint density at radius 2 is 1.87 bits per heavy atom. The Morgan fingerprint density at radius 1 is 1.26 bits per heavy atom. The molecule has 3 N–H and O–H groups in total. The van der Waals surface area contributed by atoms with E-state index in [9.17, 15) is 18.0 Å². The highest BCUT2D eigenvalue weighted by Gasteiger charge is 2.30. The van der Waals surface area contributed by atoms with Crippen LogP contribution >= 0.6 is 0 Å². The van der Waals surface area contributed by atoms with Crippen LogP contribution in [0.3, 0.4) is 0 Å². The van der Waals surface area contributed by atoms with Gasteiger partial charge in [-0.15, -0.1) is 0 Å². The van der Waals surface area contributed by atoms with Crippen molar-refractivity contribution in [3.63, 3.8) is 0 Å². The van der Waals surface area contributed by atoms with Gasteiger partial charge >= 0.3 is 5.97 Å². The van der Waals surface area contributed by atoms with Gasteiger partial charge in [0, 0.05) is 12.6 Å². The summed E-state index contributed by atoms with van der Waals surface area (Å²) in [5.41, 5.74) is 0.259. The van der Waals surface area contributed by atoms with Crippen molar-refractivity contribution in [3.8, 4) is 5.75 Å². The number of carboxylic acid groups (broad SMARTS) is 1. The summed E-state index contributed by atoms with van der Waals surface area (Å²) < 4.78 is 32.2. The molecule has 0 heterocycles. The van der Waals surface area contributed by atoms with Crippen molar-refractivity contribution in [1.29, 1.82) is 0 Å². The Hall–Kier alpha value is -2.13. The molecular formula is C14H20N2O6S. The third kappa shape index (κ3) is 4.93. The first kappa shape index (κ1) is 18.9. The number of amides is 1. The van der Waals surface area contributed by atoms with Crippen molar-refractivity contribution in [2.75, 3.05) is 12.4 Å². The molecule has 0 aliphatic carbocycles. The lowest BCUT2D eigenvalue weighted by Gasteiger charge is -2.19. The van der Waals surface area contributed by atoms with E-state index < -0.39 is 28.0 Å². The number of carbonyl (C=O) groups is 2. The van der Waals surface area contributed by atoms with Crippen LogP contribution < -0.4 is 14.8 Å². The van der Waals surface area contributed by atoms with Crippen LogP contribution in [0.2, 0.25) is 0 Å².